The van der Waals surface area contributed by atoms with E-state index in [1.165, 1.54) is 17.2 Å². The minimum Gasteiger partial charge on any atom is -0.445 e. The Kier molecular flexibility index (Phi) is 5.12. The van der Waals surface area contributed by atoms with Crippen molar-refractivity contribution >= 4 is 17.3 Å². The fourth-order valence-corrected chi connectivity index (χ4v) is 3.62. The molecule has 0 aliphatic carbocycles. The van der Waals surface area contributed by atoms with Crippen LogP contribution < -0.4 is 0 Å². The highest BCUT2D eigenvalue weighted by Crippen LogP contribution is 2.35. The molecule has 1 aliphatic heterocycles. The molecule has 6 nitrogen and oxygen atoms in total. The second-order valence-corrected chi connectivity index (χ2v) is 6.93. The van der Waals surface area contributed by atoms with E-state index in [2.05, 4.69) is 9.97 Å². The van der Waals surface area contributed by atoms with E-state index in [0.29, 0.717) is 19.4 Å². The van der Waals surface area contributed by atoms with Crippen molar-refractivity contribution in [3.63, 3.8) is 0 Å². The maximum absolute atomic E-state index is 13.6. The maximum atomic E-state index is 13.6. The maximum Gasteiger partial charge on any atom is 0.449 e. The first-order valence-corrected chi connectivity index (χ1v) is 9.29. The molecule has 29 heavy (non-hydrogen) atoms. The first-order chi connectivity index (χ1) is 13.9. The van der Waals surface area contributed by atoms with Crippen molar-refractivity contribution in [3.8, 4) is 0 Å². The summed E-state index contributed by atoms with van der Waals surface area (Å²) in [5, 5.41) is 0. The van der Waals surface area contributed by atoms with Gasteiger partial charge in [0.15, 0.2) is 5.65 Å². The van der Waals surface area contributed by atoms with Crippen LogP contribution in [-0.2, 0) is 17.5 Å². The van der Waals surface area contributed by atoms with Crippen LogP contribution in [0, 0.1) is 0 Å². The Balaban J connectivity index is 1.55. The number of amides is 1. The van der Waals surface area contributed by atoms with Crippen molar-refractivity contribution in [1.29, 1.82) is 0 Å². The average molecular weight is 404 g/mol. The van der Waals surface area contributed by atoms with Crippen LogP contribution in [0.1, 0.15) is 30.3 Å². The zero-order chi connectivity index (χ0) is 20.4. The van der Waals surface area contributed by atoms with E-state index in [1.807, 2.05) is 30.3 Å². The van der Waals surface area contributed by atoms with Gasteiger partial charge in [-0.25, -0.2) is 14.8 Å². The molecule has 0 unspecified atom stereocenters. The quantitative estimate of drug-likeness (QED) is 0.648. The number of piperidine rings is 1. The molecule has 0 saturated carbocycles. The molecule has 0 radical (unpaired) electrons. The van der Waals surface area contributed by atoms with E-state index >= 15 is 0 Å². The standard InChI is InChI=1S/C20H19F3N4O2/c21-20(22,23)18-25-16-9-4-10-24-17(16)27(18)15-8-5-11-26(12-15)19(28)29-13-14-6-2-1-3-7-14/h1-4,6-7,9-10,15H,5,8,11-13H2/t15-/m0/s1. The van der Waals surface area contributed by atoms with E-state index in [1.54, 1.807) is 6.07 Å². The van der Waals surface area contributed by atoms with Crippen LogP contribution in [0.5, 0.6) is 0 Å². The Morgan fingerprint density at radius 2 is 1.97 bits per heavy atom. The van der Waals surface area contributed by atoms with Gasteiger partial charge in [-0.2, -0.15) is 13.2 Å². The van der Waals surface area contributed by atoms with E-state index in [-0.39, 0.29) is 24.3 Å². The highest BCUT2D eigenvalue weighted by Gasteiger charge is 2.40. The van der Waals surface area contributed by atoms with Gasteiger partial charge in [-0.1, -0.05) is 30.3 Å². The molecule has 1 atom stereocenters. The molecule has 1 saturated heterocycles. The number of hydrogen-bond donors (Lipinski definition) is 0. The summed E-state index contributed by atoms with van der Waals surface area (Å²) in [4.78, 5) is 21.8. The number of carbonyl (C=O) groups is 1. The average Bonchev–Trinajstić information content (AvgIpc) is 3.13. The minimum absolute atomic E-state index is 0.110. The number of pyridine rings is 1. The number of halogens is 3. The predicted octanol–water partition coefficient (Wildman–Crippen LogP) is 4.42. The van der Waals surface area contributed by atoms with Gasteiger partial charge in [0, 0.05) is 19.3 Å². The highest BCUT2D eigenvalue weighted by molar-refractivity contribution is 5.72. The monoisotopic (exact) mass is 404 g/mol. The third-order valence-corrected chi connectivity index (χ3v) is 4.93. The lowest BCUT2D eigenvalue weighted by Crippen LogP contribution is -2.41. The topological polar surface area (TPSA) is 60.2 Å². The predicted molar refractivity (Wildman–Crippen MR) is 99.0 cm³/mol. The molecular formula is C20H19F3N4O2. The van der Waals surface area contributed by atoms with Crippen molar-refractivity contribution in [2.75, 3.05) is 13.1 Å². The number of alkyl halides is 3. The van der Waals surface area contributed by atoms with Gasteiger partial charge < -0.3 is 14.2 Å². The summed E-state index contributed by atoms with van der Waals surface area (Å²) in [6.45, 7) is 0.661. The zero-order valence-corrected chi connectivity index (χ0v) is 15.5. The highest BCUT2D eigenvalue weighted by atomic mass is 19.4. The van der Waals surface area contributed by atoms with Gasteiger partial charge >= 0.3 is 12.3 Å². The van der Waals surface area contributed by atoms with Crippen LogP contribution in [0.2, 0.25) is 0 Å². The summed E-state index contributed by atoms with van der Waals surface area (Å²) >= 11 is 0. The Hall–Kier alpha value is -3.10. The lowest BCUT2D eigenvalue weighted by atomic mass is 10.1. The molecule has 0 bridgehead atoms. The summed E-state index contributed by atoms with van der Waals surface area (Å²) in [5.74, 6) is -0.990. The first-order valence-electron chi connectivity index (χ1n) is 9.29. The summed E-state index contributed by atoms with van der Waals surface area (Å²) in [6, 6.07) is 11.7. The van der Waals surface area contributed by atoms with E-state index < -0.39 is 24.1 Å². The smallest absolute Gasteiger partial charge is 0.445 e. The molecule has 1 aliphatic rings. The lowest BCUT2D eigenvalue weighted by Gasteiger charge is -2.33. The number of nitrogens with zero attached hydrogens (tertiary/aromatic N) is 4. The van der Waals surface area contributed by atoms with E-state index in [4.69, 9.17) is 4.74 Å². The second kappa shape index (κ2) is 7.73. The fraction of sp³-hybridized carbons (Fsp3) is 0.350. The van der Waals surface area contributed by atoms with Crippen molar-refractivity contribution in [2.45, 2.75) is 31.7 Å². The molecule has 152 valence electrons. The Morgan fingerprint density at radius 1 is 1.17 bits per heavy atom. The third kappa shape index (κ3) is 4.03. The molecule has 4 rings (SSSR count). The lowest BCUT2D eigenvalue weighted by molar-refractivity contribution is -0.148. The van der Waals surface area contributed by atoms with Crippen molar-refractivity contribution in [3.05, 3.63) is 60.0 Å². The Bertz CT molecular complexity index is 1000. The number of imidazole rings is 1. The van der Waals surface area contributed by atoms with Gasteiger partial charge in [-0.05, 0) is 30.5 Å². The van der Waals surface area contributed by atoms with E-state index in [9.17, 15) is 18.0 Å². The van der Waals surface area contributed by atoms with Crippen molar-refractivity contribution in [2.24, 2.45) is 0 Å². The van der Waals surface area contributed by atoms with Gasteiger partial charge in [-0.3, -0.25) is 0 Å². The van der Waals surface area contributed by atoms with Gasteiger partial charge in [0.25, 0.3) is 0 Å². The SMILES string of the molecule is O=C(OCc1ccccc1)N1CCC[C@H](n2c(C(F)(F)F)nc3cccnc32)C1. The molecule has 1 fully saturated rings. The zero-order valence-electron chi connectivity index (χ0n) is 15.5. The summed E-state index contributed by atoms with van der Waals surface area (Å²) < 4.78 is 47.2. The molecule has 9 heteroatoms. The summed E-state index contributed by atoms with van der Waals surface area (Å²) in [6.07, 6.45) is -2.65. The molecule has 3 heterocycles. The second-order valence-electron chi connectivity index (χ2n) is 6.93. The van der Waals surface area contributed by atoms with Gasteiger partial charge in [0.2, 0.25) is 5.82 Å². The van der Waals surface area contributed by atoms with Gasteiger partial charge in [0.1, 0.15) is 12.1 Å². The third-order valence-electron chi connectivity index (χ3n) is 4.93. The number of fused-ring (bicyclic) bond motifs is 1. The molecule has 3 aromatic rings. The van der Waals surface area contributed by atoms with Crippen molar-refractivity contribution in [1.82, 2.24) is 19.4 Å². The Labute approximate surface area is 164 Å². The van der Waals surface area contributed by atoms with Crippen LogP contribution in [0.4, 0.5) is 18.0 Å². The molecule has 0 N–H and O–H groups in total. The molecular weight excluding hydrogens is 385 g/mol. The molecule has 0 spiro atoms. The number of ether oxygens (including phenoxy) is 1. The van der Waals surface area contributed by atoms with Crippen LogP contribution in [-0.4, -0.2) is 38.6 Å². The summed E-state index contributed by atoms with van der Waals surface area (Å²) in [7, 11) is 0. The number of rotatable bonds is 3. The van der Waals surface area contributed by atoms with Gasteiger partial charge in [-0.15, -0.1) is 0 Å². The Morgan fingerprint density at radius 3 is 2.72 bits per heavy atom. The number of likely N-dealkylation sites (tertiary alicyclic amines) is 1. The van der Waals surface area contributed by atoms with Crippen LogP contribution in [0.15, 0.2) is 48.7 Å². The molecule has 1 amide bonds. The summed E-state index contributed by atoms with van der Waals surface area (Å²) in [5.41, 5.74) is 1.20. The van der Waals surface area contributed by atoms with Crippen molar-refractivity contribution < 1.29 is 22.7 Å². The number of aromatic nitrogens is 3. The fourth-order valence-electron chi connectivity index (χ4n) is 3.62. The number of benzene rings is 1. The number of hydrogen-bond acceptors (Lipinski definition) is 4. The van der Waals surface area contributed by atoms with E-state index in [0.717, 1.165) is 10.1 Å². The van der Waals surface area contributed by atoms with Crippen LogP contribution >= 0.6 is 0 Å². The molecule has 1 aromatic carbocycles. The normalized spacial score (nSPS) is 17.5. The van der Waals surface area contributed by atoms with Crippen LogP contribution in [0.25, 0.3) is 11.2 Å². The minimum atomic E-state index is -4.61. The first kappa shape index (κ1) is 19.2. The largest absolute Gasteiger partial charge is 0.449 e. The van der Waals surface area contributed by atoms with Crippen LogP contribution in [0.3, 0.4) is 0 Å². The number of carbonyl (C=O) groups excluding carboxylic acids is 1. The molecule has 2 aromatic heterocycles. The van der Waals surface area contributed by atoms with Gasteiger partial charge in [0.05, 0.1) is 6.04 Å².